The molecule has 0 aliphatic rings. The third-order valence-corrected chi connectivity index (χ3v) is 5.75. The Bertz CT molecular complexity index is 841. The van der Waals surface area contributed by atoms with Crippen molar-refractivity contribution in [2.45, 2.75) is 37.2 Å². The molecule has 0 spiro atoms. The molecule has 1 aromatic carbocycles. The van der Waals surface area contributed by atoms with Crippen LogP contribution in [-0.4, -0.2) is 25.4 Å². The zero-order valence-corrected chi connectivity index (χ0v) is 16.0. The van der Waals surface area contributed by atoms with Crippen LogP contribution in [0.15, 0.2) is 53.0 Å². The van der Waals surface area contributed by atoms with Gasteiger partial charge in [0.1, 0.15) is 0 Å². The molecule has 0 saturated carbocycles. The van der Waals surface area contributed by atoms with Crippen molar-refractivity contribution in [3.8, 4) is 10.7 Å². The Morgan fingerprint density at radius 1 is 1.20 bits per heavy atom. The first-order chi connectivity index (χ1) is 12.0. The first-order valence-electron chi connectivity index (χ1n) is 8.04. The predicted molar refractivity (Wildman–Crippen MR) is 104 cm³/mol. The molecule has 3 rings (SSSR count). The van der Waals surface area contributed by atoms with Crippen LogP contribution in [0.2, 0.25) is 0 Å². The SMILES string of the molecule is CCn1c(SC(C)(C)C(=O)Nc2ccccc2)nnc1-c1cccs1. The molecule has 7 heteroatoms. The summed E-state index contributed by atoms with van der Waals surface area (Å²) in [5.41, 5.74) is 0.789. The van der Waals surface area contributed by atoms with Crippen LogP contribution in [0.25, 0.3) is 10.7 Å². The van der Waals surface area contributed by atoms with Crippen LogP contribution in [-0.2, 0) is 11.3 Å². The molecule has 1 N–H and O–H groups in total. The van der Waals surface area contributed by atoms with Gasteiger partial charge in [0.05, 0.1) is 9.62 Å². The highest BCUT2D eigenvalue weighted by molar-refractivity contribution is 8.01. The van der Waals surface area contributed by atoms with Crippen LogP contribution < -0.4 is 5.32 Å². The van der Waals surface area contributed by atoms with Gasteiger partial charge in [0.2, 0.25) is 5.91 Å². The molecule has 3 aromatic rings. The second-order valence-corrected chi connectivity index (χ2v) is 8.50. The Morgan fingerprint density at radius 3 is 2.60 bits per heavy atom. The topological polar surface area (TPSA) is 59.8 Å². The molecular weight excluding hydrogens is 352 g/mol. The van der Waals surface area contributed by atoms with E-state index >= 15 is 0 Å². The molecule has 2 aromatic heterocycles. The van der Waals surface area contributed by atoms with E-state index in [1.165, 1.54) is 11.8 Å². The minimum absolute atomic E-state index is 0.0629. The van der Waals surface area contributed by atoms with E-state index in [4.69, 9.17) is 0 Å². The van der Waals surface area contributed by atoms with E-state index in [-0.39, 0.29) is 5.91 Å². The van der Waals surface area contributed by atoms with Crippen molar-refractivity contribution in [1.82, 2.24) is 14.8 Å². The highest BCUT2D eigenvalue weighted by atomic mass is 32.2. The van der Waals surface area contributed by atoms with Crippen molar-refractivity contribution < 1.29 is 4.79 Å². The predicted octanol–water partition coefficient (Wildman–Crippen LogP) is 4.54. The fourth-order valence-electron chi connectivity index (χ4n) is 2.31. The molecule has 0 radical (unpaired) electrons. The molecule has 0 unspecified atom stereocenters. The van der Waals surface area contributed by atoms with E-state index in [0.29, 0.717) is 0 Å². The molecular formula is C18H20N4OS2. The molecule has 2 heterocycles. The Balaban J connectivity index is 1.80. The number of anilines is 1. The lowest BCUT2D eigenvalue weighted by molar-refractivity contribution is -0.117. The van der Waals surface area contributed by atoms with Gasteiger partial charge in [-0.1, -0.05) is 36.0 Å². The standard InChI is InChI=1S/C18H20N4OS2/c1-4-22-15(14-11-8-12-24-14)20-21-17(22)25-18(2,3)16(23)19-13-9-6-5-7-10-13/h5-12H,4H2,1-3H3,(H,19,23). The van der Waals surface area contributed by atoms with Crippen LogP contribution in [0.5, 0.6) is 0 Å². The van der Waals surface area contributed by atoms with Gasteiger partial charge in [0.25, 0.3) is 0 Å². The number of para-hydroxylation sites is 1. The Hall–Kier alpha value is -2.12. The maximum Gasteiger partial charge on any atom is 0.240 e. The first-order valence-corrected chi connectivity index (χ1v) is 9.73. The van der Waals surface area contributed by atoms with Gasteiger partial charge >= 0.3 is 0 Å². The number of nitrogens with zero attached hydrogens (tertiary/aromatic N) is 3. The van der Waals surface area contributed by atoms with Gasteiger partial charge < -0.3 is 9.88 Å². The number of nitrogens with one attached hydrogen (secondary N) is 1. The summed E-state index contributed by atoms with van der Waals surface area (Å²) in [5.74, 6) is 0.784. The molecule has 25 heavy (non-hydrogen) atoms. The Morgan fingerprint density at radius 2 is 1.96 bits per heavy atom. The number of carbonyl (C=O) groups excluding carboxylic acids is 1. The van der Waals surface area contributed by atoms with Crippen LogP contribution in [0.1, 0.15) is 20.8 Å². The number of thiophene rings is 1. The third-order valence-electron chi connectivity index (χ3n) is 3.70. The fraction of sp³-hybridized carbons (Fsp3) is 0.278. The minimum atomic E-state index is -0.678. The molecule has 1 amide bonds. The molecule has 130 valence electrons. The summed E-state index contributed by atoms with van der Waals surface area (Å²) in [4.78, 5) is 13.8. The molecule has 0 fully saturated rings. The minimum Gasteiger partial charge on any atom is -0.325 e. The van der Waals surface area contributed by atoms with Gasteiger partial charge in [-0.2, -0.15) is 0 Å². The number of benzene rings is 1. The first kappa shape index (κ1) is 17.7. The summed E-state index contributed by atoms with van der Waals surface area (Å²) in [5, 5.41) is 14.4. The smallest absolute Gasteiger partial charge is 0.240 e. The van der Waals surface area contributed by atoms with Crippen molar-refractivity contribution in [3.05, 3.63) is 47.8 Å². The number of amides is 1. The number of hydrogen-bond donors (Lipinski definition) is 1. The lowest BCUT2D eigenvalue weighted by Gasteiger charge is -2.22. The largest absolute Gasteiger partial charge is 0.325 e. The second-order valence-electron chi connectivity index (χ2n) is 5.96. The maximum atomic E-state index is 12.7. The highest BCUT2D eigenvalue weighted by Crippen LogP contribution is 2.35. The Kier molecular flexibility index (Phi) is 5.24. The van der Waals surface area contributed by atoms with E-state index in [0.717, 1.165) is 28.1 Å². The van der Waals surface area contributed by atoms with Crippen molar-refractivity contribution in [2.24, 2.45) is 0 Å². The Labute approximate surface area is 155 Å². The van der Waals surface area contributed by atoms with Gasteiger partial charge in [-0.15, -0.1) is 21.5 Å². The zero-order chi connectivity index (χ0) is 17.9. The molecule has 0 bridgehead atoms. The lowest BCUT2D eigenvalue weighted by Crippen LogP contribution is -2.34. The lowest BCUT2D eigenvalue weighted by atomic mass is 10.2. The summed E-state index contributed by atoms with van der Waals surface area (Å²) in [6.07, 6.45) is 0. The van der Waals surface area contributed by atoms with Gasteiger partial charge in [0, 0.05) is 12.2 Å². The number of rotatable bonds is 6. The zero-order valence-electron chi connectivity index (χ0n) is 14.4. The summed E-state index contributed by atoms with van der Waals surface area (Å²) in [7, 11) is 0. The maximum absolute atomic E-state index is 12.7. The summed E-state index contributed by atoms with van der Waals surface area (Å²) < 4.78 is 1.37. The number of thioether (sulfide) groups is 1. The van der Waals surface area contributed by atoms with Crippen LogP contribution in [0.3, 0.4) is 0 Å². The highest BCUT2D eigenvalue weighted by Gasteiger charge is 2.32. The van der Waals surface area contributed by atoms with Crippen LogP contribution in [0.4, 0.5) is 5.69 Å². The summed E-state index contributed by atoms with van der Waals surface area (Å²) >= 11 is 3.06. The van der Waals surface area contributed by atoms with Crippen molar-refractivity contribution in [3.63, 3.8) is 0 Å². The van der Waals surface area contributed by atoms with Crippen LogP contribution >= 0.6 is 23.1 Å². The number of hydrogen-bond acceptors (Lipinski definition) is 5. The fourth-order valence-corrected chi connectivity index (χ4v) is 4.04. The quantitative estimate of drug-likeness (QED) is 0.646. The molecule has 5 nitrogen and oxygen atoms in total. The molecule has 0 aliphatic carbocycles. The molecule has 0 aliphatic heterocycles. The van der Waals surface area contributed by atoms with E-state index in [2.05, 4.69) is 22.4 Å². The van der Waals surface area contributed by atoms with Crippen molar-refractivity contribution in [2.75, 3.05) is 5.32 Å². The number of aromatic nitrogens is 3. The summed E-state index contributed by atoms with van der Waals surface area (Å²) in [6, 6.07) is 13.5. The van der Waals surface area contributed by atoms with Gasteiger partial charge in [0.15, 0.2) is 11.0 Å². The molecule has 0 saturated heterocycles. The van der Waals surface area contributed by atoms with E-state index in [1.54, 1.807) is 11.3 Å². The number of carbonyl (C=O) groups is 1. The van der Waals surface area contributed by atoms with E-state index in [1.807, 2.05) is 66.3 Å². The second kappa shape index (κ2) is 7.41. The average Bonchev–Trinajstić information content (AvgIpc) is 3.24. The normalized spacial score (nSPS) is 11.5. The van der Waals surface area contributed by atoms with Crippen molar-refractivity contribution in [1.29, 1.82) is 0 Å². The third kappa shape index (κ3) is 3.93. The van der Waals surface area contributed by atoms with E-state index < -0.39 is 4.75 Å². The van der Waals surface area contributed by atoms with Gasteiger partial charge in [-0.25, -0.2) is 0 Å². The van der Waals surface area contributed by atoms with Crippen LogP contribution in [0, 0.1) is 0 Å². The van der Waals surface area contributed by atoms with Gasteiger partial charge in [-0.05, 0) is 44.4 Å². The van der Waals surface area contributed by atoms with Crippen molar-refractivity contribution >= 4 is 34.7 Å². The molecule has 0 atom stereocenters. The summed E-state index contributed by atoms with van der Waals surface area (Å²) in [6.45, 7) is 6.60. The van der Waals surface area contributed by atoms with Gasteiger partial charge in [-0.3, -0.25) is 4.79 Å². The monoisotopic (exact) mass is 372 g/mol. The average molecular weight is 373 g/mol. The van der Waals surface area contributed by atoms with E-state index in [9.17, 15) is 4.79 Å².